The summed E-state index contributed by atoms with van der Waals surface area (Å²) in [6.07, 6.45) is -2.87. The van der Waals surface area contributed by atoms with Crippen LogP contribution >= 0.6 is 0 Å². The van der Waals surface area contributed by atoms with Gasteiger partial charge < -0.3 is 4.74 Å². The maximum atomic E-state index is 12.6. The highest BCUT2D eigenvalue weighted by Crippen LogP contribution is 2.43. The van der Waals surface area contributed by atoms with Gasteiger partial charge in [-0.05, 0) is 30.9 Å². The van der Waals surface area contributed by atoms with Crippen LogP contribution in [-0.4, -0.2) is 18.1 Å². The predicted octanol–water partition coefficient (Wildman–Crippen LogP) is 2.77. The van der Waals surface area contributed by atoms with Gasteiger partial charge in [-0.15, -0.1) is 0 Å². The number of ether oxygens (including phenoxy) is 1. The minimum atomic E-state index is -4.50. The molecule has 1 unspecified atom stereocenters. The van der Waals surface area contributed by atoms with Crippen molar-refractivity contribution in [2.24, 2.45) is 5.92 Å². The molecule has 0 saturated heterocycles. The number of carbonyl (C=O) groups excluding carboxylic acids is 1. The fourth-order valence-corrected chi connectivity index (χ4v) is 1.89. The van der Waals surface area contributed by atoms with E-state index in [0.717, 1.165) is 18.9 Å². The highest BCUT2D eigenvalue weighted by atomic mass is 19.4. The molecule has 0 bridgehead atoms. The molecule has 2 rings (SSSR count). The maximum absolute atomic E-state index is 12.6. The summed E-state index contributed by atoms with van der Waals surface area (Å²) in [5.41, 5.74) is -0.839. The molecule has 1 heterocycles. The SMILES string of the molecule is COC(=O)C(c1cccc(C(F)(F)F)n1)C1CC1. The molecular weight excluding hydrogens is 247 g/mol. The summed E-state index contributed by atoms with van der Waals surface area (Å²) < 4.78 is 42.3. The highest BCUT2D eigenvalue weighted by Gasteiger charge is 2.40. The number of pyridine rings is 1. The number of hydrogen-bond donors (Lipinski definition) is 0. The van der Waals surface area contributed by atoms with E-state index in [1.807, 2.05) is 0 Å². The van der Waals surface area contributed by atoms with E-state index >= 15 is 0 Å². The molecular formula is C12H12F3NO2. The topological polar surface area (TPSA) is 39.2 Å². The summed E-state index contributed by atoms with van der Waals surface area (Å²) >= 11 is 0. The average molecular weight is 259 g/mol. The first-order chi connectivity index (χ1) is 8.43. The van der Waals surface area contributed by atoms with Crippen LogP contribution in [0.3, 0.4) is 0 Å². The molecule has 1 saturated carbocycles. The summed E-state index contributed by atoms with van der Waals surface area (Å²) in [4.78, 5) is 15.2. The standard InChI is InChI=1S/C12H12F3NO2/c1-18-11(17)10(7-5-6-7)8-3-2-4-9(16-8)12(13,14)15/h2-4,7,10H,5-6H2,1H3. The zero-order chi connectivity index (χ0) is 13.3. The van der Waals surface area contributed by atoms with Crippen LogP contribution in [0, 0.1) is 5.92 Å². The van der Waals surface area contributed by atoms with Crippen molar-refractivity contribution < 1.29 is 22.7 Å². The van der Waals surface area contributed by atoms with E-state index < -0.39 is 23.8 Å². The molecule has 3 nitrogen and oxygen atoms in total. The molecule has 1 aromatic heterocycles. The van der Waals surface area contributed by atoms with Gasteiger partial charge in [0.1, 0.15) is 11.6 Å². The third kappa shape index (κ3) is 2.63. The minimum absolute atomic E-state index is 0.0495. The van der Waals surface area contributed by atoms with Crippen molar-refractivity contribution in [2.75, 3.05) is 7.11 Å². The van der Waals surface area contributed by atoms with Crippen LogP contribution in [0.2, 0.25) is 0 Å². The normalized spacial score (nSPS) is 17.3. The van der Waals surface area contributed by atoms with Crippen LogP contribution in [0.1, 0.15) is 30.1 Å². The number of alkyl halides is 3. The number of carbonyl (C=O) groups is 1. The second-order valence-electron chi connectivity index (χ2n) is 4.28. The molecule has 0 N–H and O–H groups in total. The van der Waals surface area contributed by atoms with Crippen LogP contribution in [0.5, 0.6) is 0 Å². The number of halogens is 3. The molecule has 0 aliphatic heterocycles. The van der Waals surface area contributed by atoms with Gasteiger partial charge >= 0.3 is 12.1 Å². The van der Waals surface area contributed by atoms with Crippen LogP contribution in [0.25, 0.3) is 0 Å². The van der Waals surface area contributed by atoms with Crippen molar-refractivity contribution in [2.45, 2.75) is 24.9 Å². The van der Waals surface area contributed by atoms with Gasteiger partial charge in [-0.25, -0.2) is 4.98 Å². The van der Waals surface area contributed by atoms with Crippen LogP contribution in [-0.2, 0) is 15.7 Å². The lowest BCUT2D eigenvalue weighted by Gasteiger charge is -2.14. The largest absolute Gasteiger partial charge is 0.468 e. The molecule has 0 amide bonds. The summed E-state index contributed by atoms with van der Waals surface area (Å²) in [6.45, 7) is 0. The van der Waals surface area contributed by atoms with Gasteiger partial charge in [-0.1, -0.05) is 6.07 Å². The number of rotatable bonds is 3. The van der Waals surface area contributed by atoms with Gasteiger partial charge in [0.25, 0.3) is 0 Å². The molecule has 0 spiro atoms. The Balaban J connectivity index is 2.33. The maximum Gasteiger partial charge on any atom is 0.433 e. The lowest BCUT2D eigenvalue weighted by molar-refractivity contribution is -0.144. The van der Waals surface area contributed by atoms with Crippen molar-refractivity contribution in [1.29, 1.82) is 0 Å². The zero-order valence-electron chi connectivity index (χ0n) is 9.70. The van der Waals surface area contributed by atoms with Crippen molar-refractivity contribution >= 4 is 5.97 Å². The van der Waals surface area contributed by atoms with Crippen LogP contribution in [0.15, 0.2) is 18.2 Å². The average Bonchev–Trinajstić information content (AvgIpc) is 3.13. The third-order valence-corrected chi connectivity index (χ3v) is 2.93. The molecule has 6 heteroatoms. The van der Waals surface area contributed by atoms with E-state index in [1.54, 1.807) is 0 Å². The van der Waals surface area contributed by atoms with Gasteiger partial charge in [-0.3, -0.25) is 4.79 Å². The van der Waals surface area contributed by atoms with Crippen molar-refractivity contribution in [3.63, 3.8) is 0 Å². The Labute approximate surface area is 102 Å². The Morgan fingerprint density at radius 1 is 1.44 bits per heavy atom. The van der Waals surface area contributed by atoms with E-state index in [9.17, 15) is 18.0 Å². The Hall–Kier alpha value is -1.59. The van der Waals surface area contributed by atoms with Crippen LogP contribution < -0.4 is 0 Å². The summed E-state index contributed by atoms with van der Waals surface area (Å²) in [6, 6.07) is 3.60. The molecule has 0 aromatic carbocycles. The second kappa shape index (κ2) is 4.59. The number of hydrogen-bond acceptors (Lipinski definition) is 3. The number of methoxy groups -OCH3 is 1. The Bertz CT molecular complexity index is 455. The van der Waals surface area contributed by atoms with Gasteiger partial charge in [0.05, 0.1) is 12.8 Å². The molecule has 1 aliphatic rings. The fraction of sp³-hybridized carbons (Fsp3) is 0.500. The molecule has 1 fully saturated rings. The predicted molar refractivity (Wildman–Crippen MR) is 56.7 cm³/mol. The van der Waals surface area contributed by atoms with Crippen molar-refractivity contribution in [1.82, 2.24) is 4.98 Å². The smallest absolute Gasteiger partial charge is 0.433 e. The van der Waals surface area contributed by atoms with E-state index in [1.165, 1.54) is 19.2 Å². The third-order valence-electron chi connectivity index (χ3n) is 2.93. The Morgan fingerprint density at radius 2 is 2.11 bits per heavy atom. The lowest BCUT2D eigenvalue weighted by Crippen LogP contribution is -2.19. The van der Waals surface area contributed by atoms with Crippen LogP contribution in [0.4, 0.5) is 13.2 Å². The summed E-state index contributed by atoms with van der Waals surface area (Å²) in [5.74, 6) is -1.16. The van der Waals surface area contributed by atoms with Gasteiger partial charge in [-0.2, -0.15) is 13.2 Å². The molecule has 18 heavy (non-hydrogen) atoms. The first-order valence-electron chi connectivity index (χ1n) is 5.55. The van der Waals surface area contributed by atoms with E-state index in [2.05, 4.69) is 9.72 Å². The number of nitrogens with zero attached hydrogens (tertiary/aromatic N) is 1. The Morgan fingerprint density at radius 3 is 2.61 bits per heavy atom. The van der Waals surface area contributed by atoms with E-state index in [-0.39, 0.29) is 11.6 Å². The lowest BCUT2D eigenvalue weighted by atomic mass is 9.99. The van der Waals surface area contributed by atoms with Crippen molar-refractivity contribution in [3.8, 4) is 0 Å². The van der Waals surface area contributed by atoms with Crippen molar-refractivity contribution in [3.05, 3.63) is 29.6 Å². The molecule has 0 radical (unpaired) electrons. The van der Waals surface area contributed by atoms with E-state index in [4.69, 9.17) is 0 Å². The van der Waals surface area contributed by atoms with E-state index in [0.29, 0.717) is 0 Å². The fourth-order valence-electron chi connectivity index (χ4n) is 1.89. The van der Waals surface area contributed by atoms with Gasteiger partial charge in [0.2, 0.25) is 0 Å². The minimum Gasteiger partial charge on any atom is -0.468 e. The zero-order valence-corrected chi connectivity index (χ0v) is 9.70. The molecule has 1 aliphatic carbocycles. The summed E-state index contributed by atoms with van der Waals surface area (Å²) in [5, 5.41) is 0. The molecule has 1 atom stereocenters. The van der Waals surface area contributed by atoms with Gasteiger partial charge in [0.15, 0.2) is 0 Å². The highest BCUT2D eigenvalue weighted by molar-refractivity contribution is 5.78. The monoisotopic (exact) mass is 259 g/mol. The number of aromatic nitrogens is 1. The van der Waals surface area contributed by atoms with Gasteiger partial charge in [0, 0.05) is 0 Å². The quantitative estimate of drug-likeness (QED) is 0.783. The molecule has 1 aromatic rings. The first kappa shape index (κ1) is 12.9. The number of esters is 1. The molecule has 98 valence electrons. The first-order valence-corrected chi connectivity index (χ1v) is 5.55. The second-order valence-corrected chi connectivity index (χ2v) is 4.28. The summed E-state index contributed by atoms with van der Waals surface area (Å²) in [7, 11) is 1.23. The Kier molecular flexibility index (Phi) is 3.28.